The third-order valence-corrected chi connectivity index (χ3v) is 4.98. The van der Waals surface area contributed by atoms with Crippen LogP contribution in [0.2, 0.25) is 0 Å². The third kappa shape index (κ3) is 5.38. The standard InChI is InChI=1S/C22H26FNO5/c1-15(22(25)26)28-21-16(6-5-9-20(21)27-2)14-24-12-10-17(11-13-24)29-19-8-4-3-7-18(19)23/h3-9,15,17H,10-14H2,1-2H3,(H,25,26). The molecule has 1 atom stereocenters. The van der Waals surface area contributed by atoms with E-state index in [9.17, 15) is 14.3 Å². The van der Waals surface area contributed by atoms with Gasteiger partial charge < -0.3 is 19.3 Å². The van der Waals surface area contributed by atoms with Crippen molar-refractivity contribution < 1.29 is 28.5 Å². The monoisotopic (exact) mass is 403 g/mol. The molecule has 156 valence electrons. The Labute approximate surface area is 169 Å². The zero-order chi connectivity index (χ0) is 20.8. The number of para-hydroxylation sites is 2. The van der Waals surface area contributed by atoms with Gasteiger partial charge in [0.2, 0.25) is 0 Å². The first-order valence-electron chi connectivity index (χ1n) is 9.66. The quantitative estimate of drug-likeness (QED) is 0.724. The Bertz CT molecular complexity index is 836. The number of halogens is 1. The summed E-state index contributed by atoms with van der Waals surface area (Å²) in [5, 5.41) is 9.17. The van der Waals surface area contributed by atoms with Gasteiger partial charge in [-0.25, -0.2) is 9.18 Å². The summed E-state index contributed by atoms with van der Waals surface area (Å²) in [7, 11) is 1.53. The second kappa shape index (κ2) is 9.60. The fourth-order valence-corrected chi connectivity index (χ4v) is 3.35. The molecule has 1 aliphatic heterocycles. The summed E-state index contributed by atoms with van der Waals surface area (Å²) in [5.74, 6) is -0.131. The first kappa shape index (κ1) is 20.9. The number of likely N-dealkylation sites (tertiary alicyclic amines) is 1. The van der Waals surface area contributed by atoms with Crippen molar-refractivity contribution in [3.8, 4) is 17.2 Å². The number of methoxy groups -OCH3 is 1. The average Bonchev–Trinajstić information content (AvgIpc) is 2.72. The molecule has 0 aromatic heterocycles. The molecule has 2 aromatic rings. The van der Waals surface area contributed by atoms with E-state index in [1.54, 1.807) is 24.3 Å². The molecular formula is C22H26FNO5. The van der Waals surface area contributed by atoms with Gasteiger partial charge in [-0.3, -0.25) is 4.90 Å². The molecule has 7 heteroatoms. The lowest BCUT2D eigenvalue weighted by atomic mass is 10.1. The molecule has 0 saturated carbocycles. The van der Waals surface area contributed by atoms with Crippen molar-refractivity contribution in [1.29, 1.82) is 0 Å². The number of carboxylic acids is 1. The van der Waals surface area contributed by atoms with Crippen LogP contribution < -0.4 is 14.2 Å². The van der Waals surface area contributed by atoms with Crippen LogP contribution in [0.25, 0.3) is 0 Å². The van der Waals surface area contributed by atoms with Crippen LogP contribution in [0, 0.1) is 5.82 Å². The molecule has 0 bridgehead atoms. The van der Waals surface area contributed by atoms with Crippen LogP contribution in [-0.2, 0) is 11.3 Å². The number of carbonyl (C=O) groups is 1. The summed E-state index contributed by atoms with van der Waals surface area (Å²) in [5.41, 5.74) is 0.867. The molecule has 6 nitrogen and oxygen atoms in total. The number of rotatable bonds is 8. The maximum Gasteiger partial charge on any atom is 0.344 e. The van der Waals surface area contributed by atoms with E-state index in [-0.39, 0.29) is 17.7 Å². The van der Waals surface area contributed by atoms with E-state index in [0.717, 1.165) is 31.5 Å². The summed E-state index contributed by atoms with van der Waals surface area (Å²) in [6, 6.07) is 12.0. The minimum absolute atomic E-state index is 0.0313. The van der Waals surface area contributed by atoms with Crippen molar-refractivity contribution in [1.82, 2.24) is 4.90 Å². The summed E-state index contributed by atoms with van der Waals surface area (Å²) in [4.78, 5) is 13.4. The molecule has 1 saturated heterocycles. The SMILES string of the molecule is COc1cccc(CN2CCC(Oc3ccccc3F)CC2)c1OC(C)C(=O)O. The number of benzene rings is 2. The zero-order valence-electron chi connectivity index (χ0n) is 16.6. The van der Waals surface area contributed by atoms with E-state index in [0.29, 0.717) is 18.0 Å². The summed E-state index contributed by atoms with van der Waals surface area (Å²) >= 11 is 0. The highest BCUT2D eigenvalue weighted by Gasteiger charge is 2.24. The van der Waals surface area contributed by atoms with Gasteiger partial charge in [0, 0.05) is 25.2 Å². The number of nitrogens with zero attached hydrogens (tertiary/aromatic N) is 1. The van der Waals surface area contributed by atoms with Gasteiger partial charge in [-0.2, -0.15) is 0 Å². The van der Waals surface area contributed by atoms with Gasteiger partial charge in [0.25, 0.3) is 0 Å². The van der Waals surface area contributed by atoms with Crippen LogP contribution in [-0.4, -0.2) is 48.4 Å². The minimum atomic E-state index is -1.03. The van der Waals surface area contributed by atoms with Crippen molar-refractivity contribution in [2.24, 2.45) is 0 Å². The van der Waals surface area contributed by atoms with Crippen molar-refractivity contribution in [3.05, 3.63) is 53.8 Å². The van der Waals surface area contributed by atoms with Crippen LogP contribution >= 0.6 is 0 Å². The van der Waals surface area contributed by atoms with Gasteiger partial charge in [-0.1, -0.05) is 24.3 Å². The Morgan fingerprint density at radius 2 is 1.86 bits per heavy atom. The van der Waals surface area contributed by atoms with Crippen molar-refractivity contribution in [3.63, 3.8) is 0 Å². The van der Waals surface area contributed by atoms with Crippen LogP contribution in [0.5, 0.6) is 17.2 Å². The molecule has 1 N–H and O–H groups in total. The van der Waals surface area contributed by atoms with E-state index >= 15 is 0 Å². The lowest BCUT2D eigenvalue weighted by Crippen LogP contribution is -2.38. The number of aliphatic carboxylic acids is 1. The molecule has 2 aromatic carbocycles. The first-order valence-corrected chi connectivity index (χ1v) is 9.66. The van der Waals surface area contributed by atoms with Crippen molar-refractivity contribution in [2.45, 2.75) is 38.5 Å². The Hall–Kier alpha value is -2.80. The van der Waals surface area contributed by atoms with E-state index in [2.05, 4.69) is 4.90 Å². The molecule has 3 rings (SSSR count). The lowest BCUT2D eigenvalue weighted by molar-refractivity contribution is -0.144. The molecule has 1 unspecified atom stereocenters. The number of carboxylic acid groups (broad SMARTS) is 1. The molecule has 0 aliphatic carbocycles. The van der Waals surface area contributed by atoms with Gasteiger partial charge in [0.1, 0.15) is 6.10 Å². The fraction of sp³-hybridized carbons (Fsp3) is 0.409. The fourth-order valence-electron chi connectivity index (χ4n) is 3.35. The number of hydrogen-bond acceptors (Lipinski definition) is 5. The maximum absolute atomic E-state index is 13.8. The summed E-state index contributed by atoms with van der Waals surface area (Å²) in [6.45, 7) is 3.66. The Kier molecular flexibility index (Phi) is 6.93. The van der Waals surface area contributed by atoms with Crippen molar-refractivity contribution in [2.75, 3.05) is 20.2 Å². The second-order valence-electron chi connectivity index (χ2n) is 7.07. The van der Waals surface area contributed by atoms with Crippen LogP contribution in [0.1, 0.15) is 25.3 Å². The topological polar surface area (TPSA) is 68.2 Å². The minimum Gasteiger partial charge on any atom is -0.493 e. The molecule has 0 amide bonds. The normalized spacial score (nSPS) is 16.2. The molecule has 0 spiro atoms. The zero-order valence-corrected chi connectivity index (χ0v) is 16.6. The molecule has 1 aliphatic rings. The van der Waals surface area contributed by atoms with Gasteiger partial charge in [-0.15, -0.1) is 0 Å². The largest absolute Gasteiger partial charge is 0.493 e. The smallest absolute Gasteiger partial charge is 0.344 e. The molecular weight excluding hydrogens is 377 g/mol. The second-order valence-corrected chi connectivity index (χ2v) is 7.07. The summed E-state index contributed by atoms with van der Waals surface area (Å²) < 4.78 is 30.6. The molecule has 29 heavy (non-hydrogen) atoms. The van der Waals surface area contributed by atoms with Crippen molar-refractivity contribution >= 4 is 5.97 Å². The molecule has 0 radical (unpaired) electrons. The maximum atomic E-state index is 13.8. The Morgan fingerprint density at radius 3 is 2.52 bits per heavy atom. The third-order valence-electron chi connectivity index (χ3n) is 4.98. The molecule has 1 heterocycles. The molecule has 1 fully saturated rings. The van der Waals surface area contributed by atoms with E-state index in [4.69, 9.17) is 14.2 Å². The van der Waals surface area contributed by atoms with E-state index in [1.807, 2.05) is 12.1 Å². The predicted octanol–water partition coefficient (Wildman–Crippen LogP) is 3.73. The Morgan fingerprint density at radius 1 is 1.17 bits per heavy atom. The lowest BCUT2D eigenvalue weighted by Gasteiger charge is -2.32. The van der Waals surface area contributed by atoms with Crippen LogP contribution in [0.4, 0.5) is 4.39 Å². The first-order chi connectivity index (χ1) is 14.0. The van der Waals surface area contributed by atoms with Crippen LogP contribution in [0.3, 0.4) is 0 Å². The van der Waals surface area contributed by atoms with E-state index < -0.39 is 12.1 Å². The summed E-state index contributed by atoms with van der Waals surface area (Å²) in [6.07, 6.45) is 0.543. The highest BCUT2D eigenvalue weighted by Crippen LogP contribution is 2.33. The Balaban J connectivity index is 1.63. The van der Waals surface area contributed by atoms with E-state index in [1.165, 1.54) is 20.1 Å². The van der Waals surface area contributed by atoms with Gasteiger partial charge in [0.15, 0.2) is 29.2 Å². The highest BCUT2D eigenvalue weighted by atomic mass is 19.1. The van der Waals surface area contributed by atoms with Crippen LogP contribution in [0.15, 0.2) is 42.5 Å². The van der Waals surface area contributed by atoms with Gasteiger partial charge in [0.05, 0.1) is 7.11 Å². The van der Waals surface area contributed by atoms with Gasteiger partial charge >= 0.3 is 5.97 Å². The number of piperidine rings is 1. The number of ether oxygens (including phenoxy) is 3. The predicted molar refractivity (Wildman–Crippen MR) is 106 cm³/mol. The van der Waals surface area contributed by atoms with Gasteiger partial charge in [-0.05, 0) is 38.0 Å². The highest BCUT2D eigenvalue weighted by molar-refractivity contribution is 5.72. The number of hydrogen-bond donors (Lipinski definition) is 1. The average molecular weight is 403 g/mol.